The van der Waals surface area contributed by atoms with Crippen molar-refractivity contribution in [2.24, 2.45) is 0 Å². The molecule has 0 aliphatic rings. The van der Waals surface area contributed by atoms with Crippen molar-refractivity contribution in [2.75, 3.05) is 6.26 Å². The third-order valence-electron chi connectivity index (χ3n) is 3.08. The molecule has 1 heterocycles. The number of imidazole rings is 1. The molecule has 0 saturated heterocycles. The minimum absolute atomic E-state index is 0.148. The molecule has 21 heavy (non-hydrogen) atoms. The zero-order valence-electron chi connectivity index (χ0n) is 10.9. The molecule has 0 bridgehead atoms. The second kappa shape index (κ2) is 4.92. The van der Waals surface area contributed by atoms with E-state index < -0.39 is 15.7 Å². The van der Waals surface area contributed by atoms with Crippen LogP contribution in [0, 0.1) is 5.82 Å². The van der Waals surface area contributed by atoms with Crippen LogP contribution in [0.1, 0.15) is 0 Å². The number of nitrogens with zero attached hydrogens (tertiary/aromatic N) is 1. The van der Waals surface area contributed by atoms with Crippen LogP contribution >= 0.6 is 15.9 Å². The fourth-order valence-corrected chi connectivity index (χ4v) is 3.40. The Bertz CT molecular complexity index is 951. The number of aromatic amines is 1. The predicted octanol–water partition coefficient (Wildman–Crippen LogP) is 3.54. The van der Waals surface area contributed by atoms with Gasteiger partial charge >= 0.3 is 0 Å². The topological polar surface area (TPSA) is 62.8 Å². The Hall–Kier alpha value is -1.73. The molecule has 3 aromatic rings. The van der Waals surface area contributed by atoms with E-state index in [9.17, 15) is 12.8 Å². The fraction of sp³-hybridized carbons (Fsp3) is 0.0714. The van der Waals surface area contributed by atoms with Gasteiger partial charge in [-0.2, -0.15) is 0 Å². The number of hydrogen-bond acceptors (Lipinski definition) is 3. The fourth-order valence-electron chi connectivity index (χ4n) is 2.12. The van der Waals surface area contributed by atoms with Gasteiger partial charge in [0.25, 0.3) is 0 Å². The molecule has 1 aromatic heterocycles. The number of para-hydroxylation sites is 1. The van der Waals surface area contributed by atoms with Crippen LogP contribution in [-0.4, -0.2) is 24.6 Å². The summed E-state index contributed by atoms with van der Waals surface area (Å²) >= 11 is 3.18. The van der Waals surface area contributed by atoms with Crippen LogP contribution in [0.25, 0.3) is 22.4 Å². The lowest BCUT2D eigenvalue weighted by molar-refractivity contribution is 0.602. The zero-order chi connectivity index (χ0) is 15.2. The summed E-state index contributed by atoms with van der Waals surface area (Å²) in [7, 11) is -3.38. The van der Waals surface area contributed by atoms with E-state index in [0.717, 1.165) is 6.26 Å². The van der Waals surface area contributed by atoms with Gasteiger partial charge in [0.15, 0.2) is 9.84 Å². The van der Waals surface area contributed by atoms with E-state index in [0.29, 0.717) is 22.4 Å². The van der Waals surface area contributed by atoms with Gasteiger partial charge in [-0.3, -0.25) is 0 Å². The van der Waals surface area contributed by atoms with Gasteiger partial charge in [-0.1, -0.05) is 12.1 Å². The van der Waals surface area contributed by atoms with Gasteiger partial charge in [0, 0.05) is 11.8 Å². The van der Waals surface area contributed by atoms with Crippen LogP contribution in [0.3, 0.4) is 0 Å². The summed E-state index contributed by atoms with van der Waals surface area (Å²) in [5.41, 5.74) is 1.47. The van der Waals surface area contributed by atoms with Gasteiger partial charge in [0.2, 0.25) is 0 Å². The lowest BCUT2D eigenvalue weighted by atomic mass is 10.2. The minimum Gasteiger partial charge on any atom is -0.338 e. The van der Waals surface area contributed by atoms with Gasteiger partial charge in [0.1, 0.15) is 17.2 Å². The molecule has 1 N–H and O–H groups in total. The average Bonchev–Trinajstić information content (AvgIpc) is 2.84. The highest BCUT2D eigenvalue weighted by Crippen LogP contribution is 2.31. The maximum Gasteiger partial charge on any atom is 0.177 e. The van der Waals surface area contributed by atoms with Crippen LogP contribution in [0.15, 0.2) is 45.8 Å². The monoisotopic (exact) mass is 368 g/mol. The van der Waals surface area contributed by atoms with E-state index in [1.807, 2.05) is 0 Å². The normalized spacial score (nSPS) is 12.0. The standard InChI is InChI=1S/C14H10BrFN2O2S/c1-21(19,20)11-7-3-6-10-13(11)18-14(17-10)8-4-2-5-9(16)12(8)15/h2-7H,1H3,(H,17,18). The number of sulfone groups is 1. The smallest absolute Gasteiger partial charge is 0.177 e. The highest BCUT2D eigenvalue weighted by molar-refractivity contribution is 9.10. The number of halogens is 2. The molecule has 7 heteroatoms. The number of H-pyrrole nitrogens is 1. The van der Waals surface area contributed by atoms with Crippen molar-refractivity contribution in [1.29, 1.82) is 0 Å². The molecular formula is C14H10BrFN2O2S. The summed E-state index contributed by atoms with van der Waals surface area (Å²) in [5.74, 6) is 0.00349. The molecule has 0 unspecified atom stereocenters. The summed E-state index contributed by atoms with van der Waals surface area (Å²) in [5, 5.41) is 0. The number of fused-ring (bicyclic) bond motifs is 1. The van der Waals surface area contributed by atoms with Crippen molar-refractivity contribution in [2.45, 2.75) is 4.90 Å². The van der Waals surface area contributed by atoms with Crippen molar-refractivity contribution in [3.63, 3.8) is 0 Å². The Morgan fingerprint density at radius 2 is 1.90 bits per heavy atom. The molecule has 0 spiro atoms. The summed E-state index contributed by atoms with van der Waals surface area (Å²) in [6.45, 7) is 0. The van der Waals surface area contributed by atoms with Crippen LogP contribution in [0.4, 0.5) is 4.39 Å². The maximum atomic E-state index is 13.6. The maximum absolute atomic E-state index is 13.6. The van der Waals surface area contributed by atoms with Crippen molar-refractivity contribution >= 4 is 36.8 Å². The minimum atomic E-state index is -3.38. The Balaban J connectivity index is 2.30. The van der Waals surface area contributed by atoms with Crippen molar-refractivity contribution < 1.29 is 12.8 Å². The van der Waals surface area contributed by atoms with Crippen molar-refractivity contribution in [3.05, 3.63) is 46.7 Å². The zero-order valence-corrected chi connectivity index (χ0v) is 13.3. The molecule has 2 aromatic carbocycles. The number of nitrogens with one attached hydrogen (secondary N) is 1. The first-order chi connectivity index (χ1) is 9.88. The average molecular weight is 369 g/mol. The van der Waals surface area contributed by atoms with Gasteiger partial charge in [-0.25, -0.2) is 17.8 Å². The van der Waals surface area contributed by atoms with Gasteiger partial charge < -0.3 is 4.98 Å². The van der Waals surface area contributed by atoms with Crippen LogP contribution in [0.5, 0.6) is 0 Å². The van der Waals surface area contributed by atoms with Gasteiger partial charge in [-0.15, -0.1) is 0 Å². The van der Waals surface area contributed by atoms with Crippen molar-refractivity contribution in [1.82, 2.24) is 9.97 Å². The first-order valence-corrected chi connectivity index (χ1v) is 8.69. The summed E-state index contributed by atoms with van der Waals surface area (Å²) < 4.78 is 37.5. The van der Waals surface area contributed by atoms with Crippen LogP contribution < -0.4 is 0 Å². The van der Waals surface area contributed by atoms with Gasteiger partial charge in [-0.05, 0) is 40.2 Å². The van der Waals surface area contributed by atoms with Crippen LogP contribution in [-0.2, 0) is 9.84 Å². The molecule has 0 amide bonds. The van der Waals surface area contributed by atoms with E-state index in [1.165, 1.54) is 12.1 Å². The third-order valence-corrected chi connectivity index (χ3v) is 5.02. The summed E-state index contributed by atoms with van der Waals surface area (Å²) in [6, 6.07) is 9.47. The van der Waals surface area contributed by atoms with Gasteiger partial charge in [0.05, 0.1) is 14.9 Å². The molecular weight excluding hydrogens is 359 g/mol. The highest BCUT2D eigenvalue weighted by atomic mass is 79.9. The molecule has 0 fully saturated rings. The second-order valence-electron chi connectivity index (χ2n) is 4.61. The van der Waals surface area contributed by atoms with Crippen LogP contribution in [0.2, 0.25) is 0 Å². The third kappa shape index (κ3) is 2.47. The first kappa shape index (κ1) is 14.2. The molecule has 0 atom stereocenters. The SMILES string of the molecule is CS(=O)(=O)c1cccc2[nH]c(-c3cccc(F)c3Br)nc12. The second-order valence-corrected chi connectivity index (χ2v) is 7.39. The number of aromatic nitrogens is 2. The molecule has 0 aliphatic carbocycles. The number of benzene rings is 2. The van der Waals surface area contributed by atoms with E-state index in [2.05, 4.69) is 25.9 Å². The predicted molar refractivity (Wildman–Crippen MR) is 82.3 cm³/mol. The Kier molecular flexibility index (Phi) is 3.33. The highest BCUT2D eigenvalue weighted by Gasteiger charge is 2.17. The van der Waals surface area contributed by atoms with E-state index in [1.54, 1.807) is 24.3 Å². The molecule has 0 saturated carbocycles. The first-order valence-electron chi connectivity index (χ1n) is 6.01. The van der Waals surface area contributed by atoms with E-state index >= 15 is 0 Å². The Morgan fingerprint density at radius 3 is 2.62 bits per heavy atom. The lowest BCUT2D eigenvalue weighted by Gasteiger charge is -2.01. The Labute approximate surface area is 129 Å². The molecule has 4 nitrogen and oxygen atoms in total. The summed E-state index contributed by atoms with van der Waals surface area (Å²) in [6.07, 6.45) is 1.13. The molecule has 3 rings (SSSR count). The number of hydrogen-bond donors (Lipinski definition) is 1. The van der Waals surface area contributed by atoms with E-state index in [4.69, 9.17) is 0 Å². The molecule has 0 radical (unpaired) electrons. The lowest BCUT2D eigenvalue weighted by Crippen LogP contribution is -1.97. The summed E-state index contributed by atoms with van der Waals surface area (Å²) in [4.78, 5) is 7.49. The Morgan fingerprint density at radius 1 is 1.19 bits per heavy atom. The van der Waals surface area contributed by atoms with Crippen molar-refractivity contribution in [3.8, 4) is 11.4 Å². The van der Waals surface area contributed by atoms with E-state index in [-0.39, 0.29) is 9.37 Å². The number of rotatable bonds is 2. The quantitative estimate of drug-likeness (QED) is 0.752. The molecule has 0 aliphatic heterocycles. The molecule has 108 valence electrons. The largest absolute Gasteiger partial charge is 0.338 e.